The molecule has 1 amide bonds. The molecule has 0 fully saturated rings. The molecule has 0 aliphatic rings. The minimum absolute atomic E-state index is 0.217. The topological polar surface area (TPSA) is 84.9 Å². The Morgan fingerprint density at radius 3 is 2.52 bits per heavy atom. The minimum Gasteiger partial charge on any atom is -0.482 e. The highest BCUT2D eigenvalue weighted by molar-refractivity contribution is 5.93. The maximum atomic E-state index is 11.9. The molecule has 0 bridgehead atoms. The van der Waals surface area contributed by atoms with Gasteiger partial charge in [0.2, 0.25) is 0 Å². The molecule has 0 aliphatic heterocycles. The lowest BCUT2D eigenvalue weighted by molar-refractivity contribution is -0.139. The lowest BCUT2D eigenvalue weighted by Gasteiger charge is -2.13. The van der Waals surface area contributed by atoms with Gasteiger partial charge >= 0.3 is 5.97 Å². The highest BCUT2D eigenvalue weighted by atomic mass is 16.5. The highest BCUT2D eigenvalue weighted by Crippen LogP contribution is 2.16. The summed E-state index contributed by atoms with van der Waals surface area (Å²) in [5, 5.41) is 11.2. The Balaban J connectivity index is 2.43. The lowest BCUT2D eigenvalue weighted by atomic mass is 10.3. The third-order valence-electron chi connectivity index (χ3n) is 2.72. The van der Waals surface area contributed by atoms with E-state index in [1.54, 1.807) is 31.2 Å². The number of benzene rings is 1. The number of unbranched alkanes of at least 4 members (excludes halogenated alkanes) is 1. The first-order valence-electron chi connectivity index (χ1n) is 6.90. The smallest absolute Gasteiger partial charge is 0.341 e. The molecule has 6 nitrogen and oxygen atoms in total. The van der Waals surface area contributed by atoms with Crippen molar-refractivity contribution in [2.24, 2.45) is 0 Å². The van der Waals surface area contributed by atoms with Gasteiger partial charge in [-0.1, -0.05) is 13.3 Å². The van der Waals surface area contributed by atoms with Crippen LogP contribution >= 0.6 is 0 Å². The molecule has 0 heterocycles. The van der Waals surface area contributed by atoms with Crippen molar-refractivity contribution in [1.82, 2.24) is 0 Å². The van der Waals surface area contributed by atoms with E-state index in [0.29, 0.717) is 18.0 Å². The third-order valence-corrected chi connectivity index (χ3v) is 2.72. The van der Waals surface area contributed by atoms with E-state index in [9.17, 15) is 9.59 Å². The van der Waals surface area contributed by atoms with Crippen LogP contribution in [0.15, 0.2) is 24.3 Å². The highest BCUT2D eigenvalue weighted by Gasteiger charge is 2.13. The van der Waals surface area contributed by atoms with Crippen molar-refractivity contribution in [3.05, 3.63) is 24.3 Å². The summed E-state index contributed by atoms with van der Waals surface area (Å²) in [5.74, 6) is -0.821. The minimum atomic E-state index is -1.04. The van der Waals surface area contributed by atoms with Gasteiger partial charge in [0.25, 0.3) is 5.91 Å². The molecule has 1 unspecified atom stereocenters. The molecule has 0 saturated heterocycles. The number of hydrogen-bond donors (Lipinski definition) is 2. The number of carbonyl (C=O) groups is 2. The Hall–Kier alpha value is -2.08. The Kier molecular flexibility index (Phi) is 7.25. The van der Waals surface area contributed by atoms with Gasteiger partial charge in [-0.25, -0.2) is 4.79 Å². The summed E-state index contributed by atoms with van der Waals surface area (Å²) in [5.41, 5.74) is 0.605. The van der Waals surface area contributed by atoms with E-state index in [0.717, 1.165) is 12.8 Å². The molecule has 0 radical (unpaired) electrons. The quantitative estimate of drug-likeness (QED) is 0.683. The van der Waals surface area contributed by atoms with Gasteiger partial charge < -0.3 is 19.9 Å². The maximum Gasteiger partial charge on any atom is 0.341 e. The fourth-order valence-corrected chi connectivity index (χ4v) is 1.50. The zero-order valence-electron chi connectivity index (χ0n) is 12.3. The number of carbonyl (C=O) groups excluding carboxylic acids is 1. The van der Waals surface area contributed by atoms with Gasteiger partial charge in [0.15, 0.2) is 6.61 Å². The Morgan fingerprint density at radius 2 is 1.95 bits per heavy atom. The molecule has 0 saturated carbocycles. The molecule has 0 aromatic heterocycles. The number of rotatable bonds is 9. The summed E-state index contributed by atoms with van der Waals surface area (Å²) in [6, 6.07) is 6.49. The summed E-state index contributed by atoms with van der Waals surface area (Å²) in [4.78, 5) is 22.2. The summed E-state index contributed by atoms with van der Waals surface area (Å²) in [7, 11) is 0. The molecular weight excluding hydrogens is 274 g/mol. The Morgan fingerprint density at radius 1 is 1.29 bits per heavy atom. The first kappa shape index (κ1) is 17.0. The van der Waals surface area contributed by atoms with Crippen LogP contribution in [0.2, 0.25) is 0 Å². The van der Waals surface area contributed by atoms with Gasteiger partial charge in [-0.3, -0.25) is 4.79 Å². The van der Waals surface area contributed by atoms with E-state index in [4.69, 9.17) is 14.6 Å². The predicted octanol–water partition coefficient (Wildman–Crippen LogP) is 2.29. The van der Waals surface area contributed by atoms with E-state index in [1.807, 2.05) is 0 Å². The summed E-state index contributed by atoms with van der Waals surface area (Å²) in [6.45, 7) is 3.93. The van der Waals surface area contributed by atoms with Crippen LogP contribution in [0, 0.1) is 0 Å². The van der Waals surface area contributed by atoms with Crippen LogP contribution in [-0.2, 0) is 14.3 Å². The van der Waals surface area contributed by atoms with Crippen molar-refractivity contribution < 1.29 is 24.2 Å². The summed E-state index contributed by atoms with van der Waals surface area (Å²) in [6.07, 6.45) is 1.43. The number of carboxylic acid groups (broad SMARTS) is 1. The molecule has 0 spiro atoms. The SMILES string of the molecule is CCCCOC(C)C(=O)Nc1ccc(OCC(=O)O)cc1. The Bertz CT molecular complexity index is 458. The molecule has 21 heavy (non-hydrogen) atoms. The van der Waals surface area contributed by atoms with Crippen molar-refractivity contribution in [2.45, 2.75) is 32.8 Å². The fraction of sp³-hybridized carbons (Fsp3) is 0.467. The van der Waals surface area contributed by atoms with Crippen molar-refractivity contribution >= 4 is 17.6 Å². The van der Waals surface area contributed by atoms with E-state index in [1.165, 1.54) is 0 Å². The molecule has 1 aromatic carbocycles. The van der Waals surface area contributed by atoms with E-state index in [2.05, 4.69) is 12.2 Å². The molecular formula is C15H21NO5. The van der Waals surface area contributed by atoms with E-state index >= 15 is 0 Å². The molecule has 0 aliphatic carbocycles. The van der Waals surface area contributed by atoms with Gasteiger partial charge in [-0.15, -0.1) is 0 Å². The number of aliphatic carboxylic acids is 1. The molecule has 116 valence electrons. The van der Waals surface area contributed by atoms with Gasteiger partial charge in [0, 0.05) is 12.3 Å². The predicted molar refractivity (Wildman–Crippen MR) is 78.5 cm³/mol. The van der Waals surface area contributed by atoms with Crippen LogP contribution in [0.1, 0.15) is 26.7 Å². The second kappa shape index (κ2) is 8.97. The van der Waals surface area contributed by atoms with Crippen LogP contribution in [0.4, 0.5) is 5.69 Å². The standard InChI is InChI=1S/C15H21NO5/c1-3-4-9-20-11(2)15(19)16-12-5-7-13(8-6-12)21-10-14(17)18/h5-8,11H,3-4,9-10H2,1-2H3,(H,16,19)(H,17,18). The van der Waals surface area contributed by atoms with Crippen LogP contribution in [0.3, 0.4) is 0 Å². The average Bonchev–Trinajstić information content (AvgIpc) is 2.46. The molecule has 2 N–H and O–H groups in total. The third kappa shape index (κ3) is 6.76. The second-order valence-corrected chi connectivity index (χ2v) is 4.56. The van der Waals surface area contributed by atoms with Crippen LogP contribution in [-0.4, -0.2) is 36.3 Å². The van der Waals surface area contributed by atoms with Gasteiger partial charge in [0.1, 0.15) is 11.9 Å². The molecule has 1 rings (SSSR count). The number of nitrogens with one attached hydrogen (secondary N) is 1. The molecule has 1 atom stereocenters. The number of ether oxygens (including phenoxy) is 2. The monoisotopic (exact) mass is 295 g/mol. The largest absolute Gasteiger partial charge is 0.482 e. The molecule has 1 aromatic rings. The van der Waals surface area contributed by atoms with Gasteiger partial charge in [-0.2, -0.15) is 0 Å². The van der Waals surface area contributed by atoms with Crippen LogP contribution in [0.5, 0.6) is 5.75 Å². The summed E-state index contributed by atoms with van der Waals surface area (Å²) >= 11 is 0. The van der Waals surface area contributed by atoms with E-state index in [-0.39, 0.29) is 5.91 Å². The summed E-state index contributed by atoms with van der Waals surface area (Å²) < 4.78 is 10.4. The van der Waals surface area contributed by atoms with Crippen LogP contribution < -0.4 is 10.1 Å². The fourth-order valence-electron chi connectivity index (χ4n) is 1.50. The van der Waals surface area contributed by atoms with Gasteiger partial charge in [0.05, 0.1) is 0 Å². The first-order chi connectivity index (χ1) is 10.0. The second-order valence-electron chi connectivity index (χ2n) is 4.56. The normalized spacial score (nSPS) is 11.7. The maximum absolute atomic E-state index is 11.9. The number of hydrogen-bond acceptors (Lipinski definition) is 4. The number of carboxylic acids is 1. The van der Waals surface area contributed by atoms with Crippen molar-refractivity contribution in [3.63, 3.8) is 0 Å². The lowest BCUT2D eigenvalue weighted by Crippen LogP contribution is -2.28. The molecule has 6 heteroatoms. The van der Waals surface area contributed by atoms with E-state index < -0.39 is 18.7 Å². The van der Waals surface area contributed by atoms with Crippen molar-refractivity contribution in [2.75, 3.05) is 18.5 Å². The number of anilines is 1. The zero-order valence-corrected chi connectivity index (χ0v) is 12.3. The van der Waals surface area contributed by atoms with Crippen molar-refractivity contribution in [3.8, 4) is 5.75 Å². The van der Waals surface area contributed by atoms with Crippen molar-refractivity contribution in [1.29, 1.82) is 0 Å². The average molecular weight is 295 g/mol. The Labute approximate surface area is 124 Å². The zero-order chi connectivity index (χ0) is 15.7. The van der Waals surface area contributed by atoms with Crippen LogP contribution in [0.25, 0.3) is 0 Å². The number of amides is 1. The first-order valence-corrected chi connectivity index (χ1v) is 6.90. The van der Waals surface area contributed by atoms with Gasteiger partial charge in [-0.05, 0) is 37.6 Å².